The van der Waals surface area contributed by atoms with Crippen molar-refractivity contribution in [1.29, 1.82) is 0 Å². The molecular formula is C30H19BS. The van der Waals surface area contributed by atoms with Gasteiger partial charge in [-0.2, -0.15) is 0 Å². The zero-order chi connectivity index (χ0) is 21.5. The third kappa shape index (κ3) is 3.34. The Bertz CT molecular complexity index is 1560. The highest BCUT2D eigenvalue weighted by Crippen LogP contribution is 2.43. The second-order valence-corrected chi connectivity index (χ2v) is 9.12. The highest BCUT2D eigenvalue weighted by atomic mass is 32.1. The summed E-state index contributed by atoms with van der Waals surface area (Å²) in [6.45, 7) is 0. The van der Waals surface area contributed by atoms with Crippen molar-refractivity contribution in [1.82, 2.24) is 0 Å². The topological polar surface area (TPSA) is 0 Å². The summed E-state index contributed by atoms with van der Waals surface area (Å²) >= 11 is 1.86. The van der Waals surface area contributed by atoms with Gasteiger partial charge in [0.1, 0.15) is 7.85 Å². The van der Waals surface area contributed by atoms with Crippen LogP contribution in [0.5, 0.6) is 0 Å². The molecule has 148 valence electrons. The van der Waals surface area contributed by atoms with E-state index in [0.717, 1.165) is 11.0 Å². The molecule has 0 unspecified atom stereocenters. The van der Waals surface area contributed by atoms with Gasteiger partial charge in [0.05, 0.1) is 0 Å². The van der Waals surface area contributed by atoms with Gasteiger partial charge in [0, 0.05) is 25.7 Å². The molecule has 0 aliphatic heterocycles. The molecule has 1 aromatic heterocycles. The Kier molecular flexibility index (Phi) is 4.67. The van der Waals surface area contributed by atoms with Crippen LogP contribution in [0.25, 0.3) is 53.6 Å². The van der Waals surface area contributed by atoms with Crippen molar-refractivity contribution in [3.05, 3.63) is 115 Å². The zero-order valence-corrected chi connectivity index (χ0v) is 18.3. The van der Waals surface area contributed by atoms with E-state index in [0.29, 0.717) is 0 Å². The first-order valence-electron chi connectivity index (χ1n) is 10.7. The molecule has 0 bridgehead atoms. The highest BCUT2D eigenvalue weighted by molar-refractivity contribution is 7.26. The molecule has 1 heterocycles. The molecule has 0 N–H and O–H groups in total. The number of hydrogen-bond donors (Lipinski definition) is 0. The molecule has 0 saturated carbocycles. The third-order valence-corrected chi connectivity index (χ3v) is 7.20. The summed E-state index contributed by atoms with van der Waals surface area (Å²) in [5.74, 6) is 0. The molecule has 2 radical (unpaired) electrons. The fourth-order valence-electron chi connectivity index (χ4n) is 4.41. The molecule has 6 rings (SSSR count). The van der Waals surface area contributed by atoms with Crippen LogP contribution in [-0.4, -0.2) is 7.85 Å². The van der Waals surface area contributed by atoms with Crippen molar-refractivity contribution in [2.45, 2.75) is 0 Å². The van der Waals surface area contributed by atoms with Crippen LogP contribution in [0, 0.1) is 0 Å². The summed E-state index contributed by atoms with van der Waals surface area (Å²) in [5, 5.41) is 2.59. The molecule has 0 saturated heterocycles. The molecule has 0 atom stereocenters. The van der Waals surface area contributed by atoms with Crippen LogP contribution in [0.2, 0.25) is 0 Å². The third-order valence-electron chi connectivity index (χ3n) is 5.98. The van der Waals surface area contributed by atoms with E-state index < -0.39 is 0 Å². The molecule has 0 aliphatic carbocycles. The van der Waals surface area contributed by atoms with Gasteiger partial charge >= 0.3 is 0 Å². The van der Waals surface area contributed by atoms with Crippen LogP contribution in [0.15, 0.2) is 115 Å². The fraction of sp³-hybridized carbons (Fsp3) is 0. The van der Waals surface area contributed by atoms with Gasteiger partial charge in [-0.05, 0) is 52.1 Å². The van der Waals surface area contributed by atoms with E-state index in [-0.39, 0.29) is 0 Å². The van der Waals surface area contributed by atoms with Crippen LogP contribution < -0.4 is 5.46 Å². The molecule has 0 aliphatic rings. The Morgan fingerprint density at radius 1 is 0.469 bits per heavy atom. The number of fused-ring (bicyclic) bond motifs is 3. The van der Waals surface area contributed by atoms with Gasteiger partial charge in [0.15, 0.2) is 0 Å². The summed E-state index contributed by atoms with van der Waals surface area (Å²) in [6, 6.07) is 40.9. The van der Waals surface area contributed by atoms with E-state index in [9.17, 15) is 0 Å². The van der Waals surface area contributed by atoms with Gasteiger partial charge in [0.25, 0.3) is 0 Å². The van der Waals surface area contributed by atoms with Crippen molar-refractivity contribution < 1.29 is 0 Å². The summed E-state index contributed by atoms with van der Waals surface area (Å²) in [7, 11) is 6.15. The van der Waals surface area contributed by atoms with Crippen LogP contribution in [-0.2, 0) is 0 Å². The van der Waals surface area contributed by atoms with Gasteiger partial charge < -0.3 is 0 Å². The first-order valence-corrected chi connectivity index (χ1v) is 11.5. The predicted molar refractivity (Wildman–Crippen MR) is 141 cm³/mol. The fourth-order valence-corrected chi connectivity index (χ4v) is 5.61. The number of thiophene rings is 1. The van der Waals surface area contributed by atoms with Crippen molar-refractivity contribution in [3.63, 3.8) is 0 Å². The maximum atomic E-state index is 6.15. The summed E-state index contributed by atoms with van der Waals surface area (Å²) < 4.78 is 2.60. The summed E-state index contributed by atoms with van der Waals surface area (Å²) in [6.07, 6.45) is 0. The number of rotatable bonds is 3. The minimum atomic E-state index is 0.785. The molecule has 6 aromatic rings. The summed E-state index contributed by atoms with van der Waals surface area (Å²) in [5.41, 5.74) is 8.10. The van der Waals surface area contributed by atoms with Gasteiger partial charge in [0.2, 0.25) is 0 Å². The standard InChI is InChI=1S/C30H19BS/c31-25-13-7-12-23(16-25)26-18-24(21-10-5-2-6-11-21)19-28-27-17-22(20-8-3-1-4-9-20)14-15-29(27)32-30(26)28/h1-19H. The normalized spacial score (nSPS) is 11.2. The van der Waals surface area contributed by atoms with Crippen molar-refractivity contribution in [2.24, 2.45) is 0 Å². The quantitative estimate of drug-likeness (QED) is 0.255. The molecule has 0 amide bonds. The Balaban J connectivity index is 1.67. The van der Waals surface area contributed by atoms with Gasteiger partial charge in [-0.15, -0.1) is 11.3 Å². The molecule has 5 aromatic carbocycles. The molecule has 0 spiro atoms. The smallest absolute Gasteiger partial charge is 0.113 e. The lowest BCUT2D eigenvalue weighted by molar-refractivity contribution is 1.64. The first-order chi connectivity index (χ1) is 15.8. The minimum Gasteiger partial charge on any atom is -0.135 e. The lowest BCUT2D eigenvalue weighted by atomic mass is 9.90. The minimum absolute atomic E-state index is 0.785. The van der Waals surface area contributed by atoms with E-state index in [1.807, 2.05) is 23.5 Å². The zero-order valence-electron chi connectivity index (χ0n) is 17.5. The van der Waals surface area contributed by atoms with E-state index in [2.05, 4.69) is 103 Å². The van der Waals surface area contributed by atoms with E-state index >= 15 is 0 Å². The molecule has 32 heavy (non-hydrogen) atoms. The first kappa shape index (κ1) is 19.1. The molecule has 0 fully saturated rings. The van der Waals surface area contributed by atoms with Gasteiger partial charge in [-0.25, -0.2) is 0 Å². The average Bonchev–Trinajstić information content (AvgIpc) is 3.22. The van der Waals surface area contributed by atoms with Crippen LogP contribution in [0.3, 0.4) is 0 Å². The lowest BCUT2D eigenvalue weighted by Gasteiger charge is -2.10. The van der Waals surface area contributed by atoms with E-state index in [4.69, 9.17) is 7.85 Å². The van der Waals surface area contributed by atoms with Crippen LogP contribution >= 0.6 is 11.3 Å². The SMILES string of the molecule is [B]c1cccc(-c2cc(-c3ccccc3)cc3c2sc2ccc(-c4ccccc4)cc23)c1. The Morgan fingerprint density at radius 3 is 1.84 bits per heavy atom. The van der Waals surface area contributed by atoms with Gasteiger partial charge in [-0.3, -0.25) is 0 Å². The van der Waals surface area contributed by atoms with Crippen molar-refractivity contribution >= 4 is 44.8 Å². The molecule has 2 heteroatoms. The number of hydrogen-bond acceptors (Lipinski definition) is 1. The Labute approximate surface area is 193 Å². The average molecular weight is 422 g/mol. The van der Waals surface area contributed by atoms with Crippen molar-refractivity contribution in [2.75, 3.05) is 0 Å². The Morgan fingerprint density at radius 2 is 1.12 bits per heavy atom. The van der Waals surface area contributed by atoms with Gasteiger partial charge in [-0.1, -0.05) is 96.5 Å². The van der Waals surface area contributed by atoms with E-state index in [1.54, 1.807) is 0 Å². The number of benzene rings is 5. The van der Waals surface area contributed by atoms with Crippen LogP contribution in [0.4, 0.5) is 0 Å². The molecule has 0 nitrogen and oxygen atoms in total. The summed E-state index contributed by atoms with van der Waals surface area (Å²) in [4.78, 5) is 0. The predicted octanol–water partition coefficient (Wildman–Crippen LogP) is 7.85. The highest BCUT2D eigenvalue weighted by Gasteiger charge is 2.14. The van der Waals surface area contributed by atoms with Crippen LogP contribution in [0.1, 0.15) is 0 Å². The maximum absolute atomic E-state index is 6.15. The second kappa shape index (κ2) is 7.82. The van der Waals surface area contributed by atoms with Crippen molar-refractivity contribution in [3.8, 4) is 33.4 Å². The molecular weight excluding hydrogens is 403 g/mol. The monoisotopic (exact) mass is 422 g/mol. The largest absolute Gasteiger partial charge is 0.135 e. The lowest BCUT2D eigenvalue weighted by Crippen LogP contribution is -2.00. The van der Waals surface area contributed by atoms with E-state index in [1.165, 1.54) is 48.0 Å². The maximum Gasteiger partial charge on any atom is 0.113 e. The Hall–Kier alpha value is -3.62. The second-order valence-electron chi connectivity index (χ2n) is 8.07.